The van der Waals surface area contributed by atoms with Gasteiger partial charge in [-0.3, -0.25) is 19.3 Å². The summed E-state index contributed by atoms with van der Waals surface area (Å²) >= 11 is 0. The average molecular weight is 430 g/mol. The zero-order valence-corrected chi connectivity index (χ0v) is 16.2. The minimum atomic E-state index is -4.82. The maximum atomic E-state index is 12.5. The van der Waals surface area contributed by atoms with Crippen LogP contribution in [-0.2, 0) is 24.3 Å². The summed E-state index contributed by atoms with van der Waals surface area (Å²) in [5.74, 6) is -0.218. The highest BCUT2D eigenvalue weighted by molar-refractivity contribution is 7.80. The molecule has 0 unspecified atom stereocenters. The molecule has 3 saturated heterocycles. The highest BCUT2D eigenvalue weighted by Crippen LogP contribution is 2.30. The van der Waals surface area contributed by atoms with E-state index in [4.69, 9.17) is 9.39 Å². The average Bonchev–Trinajstić information content (AvgIpc) is 3.39. The Balaban J connectivity index is 1.25. The van der Waals surface area contributed by atoms with Gasteiger partial charge in [0.1, 0.15) is 6.04 Å². The fourth-order valence-corrected chi connectivity index (χ4v) is 4.44. The molecule has 2 bridgehead atoms. The van der Waals surface area contributed by atoms with Gasteiger partial charge >= 0.3 is 16.4 Å². The zero-order valence-electron chi connectivity index (χ0n) is 15.4. The van der Waals surface area contributed by atoms with Crippen molar-refractivity contribution < 1.29 is 31.7 Å². The van der Waals surface area contributed by atoms with Crippen LogP contribution in [-0.4, -0.2) is 82.9 Å². The van der Waals surface area contributed by atoms with Gasteiger partial charge < -0.3 is 10.2 Å². The van der Waals surface area contributed by atoms with Crippen molar-refractivity contribution >= 4 is 22.3 Å². The summed E-state index contributed by atoms with van der Waals surface area (Å²) in [4.78, 5) is 31.3. The number of hydrogen-bond donors (Lipinski definition) is 4. The monoisotopic (exact) mass is 430 g/mol. The number of carbonyl (C=O) groups is 2. The molecule has 4 heterocycles. The summed E-state index contributed by atoms with van der Waals surface area (Å²) in [5.41, 5.74) is 3.35. The first-order valence-corrected chi connectivity index (χ1v) is 10.6. The third-order valence-corrected chi connectivity index (χ3v) is 5.77. The van der Waals surface area contributed by atoms with Gasteiger partial charge in [-0.2, -0.15) is 18.6 Å². The van der Waals surface area contributed by atoms with Gasteiger partial charge in [0, 0.05) is 31.2 Å². The number of aromatic nitrogens is 2. The number of nitrogens with zero attached hydrogens (tertiary/aromatic N) is 3. The van der Waals surface area contributed by atoms with Crippen molar-refractivity contribution in [2.75, 3.05) is 19.7 Å². The number of piperidine rings is 1. The van der Waals surface area contributed by atoms with Crippen LogP contribution in [0.1, 0.15) is 30.9 Å². The number of hydroxylamine groups is 3. The predicted molar refractivity (Wildman–Crippen MR) is 95.2 cm³/mol. The Morgan fingerprint density at radius 1 is 1.41 bits per heavy atom. The lowest BCUT2D eigenvalue weighted by Gasteiger charge is -2.29. The second-order valence-corrected chi connectivity index (χ2v) is 8.33. The first kappa shape index (κ1) is 20.0. The van der Waals surface area contributed by atoms with Crippen LogP contribution < -0.4 is 10.8 Å². The van der Waals surface area contributed by atoms with E-state index in [2.05, 4.69) is 25.3 Å². The highest BCUT2D eigenvalue weighted by Gasteiger charge is 2.49. The van der Waals surface area contributed by atoms with Gasteiger partial charge in [-0.15, -0.1) is 4.28 Å². The van der Waals surface area contributed by atoms with E-state index in [0.29, 0.717) is 17.9 Å². The molecule has 160 valence electrons. The molecule has 1 aromatic heterocycles. The summed E-state index contributed by atoms with van der Waals surface area (Å²) in [7, 11) is -4.82. The lowest BCUT2D eigenvalue weighted by Crippen LogP contribution is -2.50. The minimum Gasteiger partial charge on any atom is -0.311 e. The van der Waals surface area contributed by atoms with Crippen molar-refractivity contribution in [2.24, 2.45) is 0 Å². The number of urea groups is 1. The lowest BCUT2D eigenvalue weighted by atomic mass is 10.0. The van der Waals surface area contributed by atoms with Gasteiger partial charge in [-0.05, 0) is 25.3 Å². The number of carbonyl (C=O) groups excluding carboxylic acids is 2. The van der Waals surface area contributed by atoms with E-state index in [1.54, 1.807) is 6.20 Å². The third kappa shape index (κ3) is 4.35. The zero-order chi connectivity index (χ0) is 20.6. The molecule has 4 rings (SSSR count). The van der Waals surface area contributed by atoms with E-state index >= 15 is 0 Å². The summed E-state index contributed by atoms with van der Waals surface area (Å²) in [5, 5.41) is 10.9. The summed E-state index contributed by atoms with van der Waals surface area (Å²) in [6, 6.07) is -0.155. The van der Waals surface area contributed by atoms with Gasteiger partial charge in [0.15, 0.2) is 0 Å². The summed E-state index contributed by atoms with van der Waals surface area (Å²) < 4.78 is 35.0. The Bertz CT molecular complexity index is 863. The second kappa shape index (κ2) is 7.87. The van der Waals surface area contributed by atoms with E-state index in [0.717, 1.165) is 18.7 Å². The van der Waals surface area contributed by atoms with E-state index in [-0.39, 0.29) is 25.1 Å². The Hall–Kier alpha value is -2.26. The number of rotatable bonds is 7. The van der Waals surface area contributed by atoms with Crippen molar-refractivity contribution in [2.45, 2.75) is 43.3 Å². The molecule has 4 N–H and O–H groups in total. The van der Waals surface area contributed by atoms with Crippen molar-refractivity contribution in [3.05, 3.63) is 18.0 Å². The quantitative estimate of drug-likeness (QED) is 0.310. The largest absolute Gasteiger partial charge is 0.418 e. The maximum absolute atomic E-state index is 12.5. The Kier molecular flexibility index (Phi) is 5.44. The first-order valence-electron chi connectivity index (χ1n) is 9.23. The van der Waals surface area contributed by atoms with Crippen LogP contribution in [0.2, 0.25) is 0 Å². The smallest absolute Gasteiger partial charge is 0.311 e. The molecule has 14 heteroatoms. The number of H-pyrrole nitrogens is 1. The number of aromatic amines is 1. The van der Waals surface area contributed by atoms with E-state index in [1.807, 2.05) is 6.07 Å². The van der Waals surface area contributed by atoms with Gasteiger partial charge in [0.2, 0.25) is 0 Å². The molecule has 1 aromatic rings. The van der Waals surface area contributed by atoms with Gasteiger partial charge in [-0.25, -0.2) is 10.3 Å². The topological polar surface area (TPSA) is 166 Å². The molecule has 0 saturated carbocycles. The molecular formula is C15H22N6O7S. The predicted octanol–water partition coefficient (Wildman–Crippen LogP) is -1.09. The summed E-state index contributed by atoms with van der Waals surface area (Å²) in [6.07, 6.45) is 3.26. The van der Waals surface area contributed by atoms with E-state index < -0.39 is 34.4 Å². The van der Waals surface area contributed by atoms with Crippen LogP contribution in [0.15, 0.2) is 12.3 Å². The molecule has 29 heavy (non-hydrogen) atoms. The van der Waals surface area contributed by atoms with Crippen LogP contribution in [0.4, 0.5) is 4.79 Å². The molecule has 0 spiro atoms. The van der Waals surface area contributed by atoms with Crippen LogP contribution in [0, 0.1) is 0 Å². The molecule has 4 atom stereocenters. The molecule has 3 amide bonds. The number of hydrogen-bond acceptors (Lipinski definition) is 8. The van der Waals surface area contributed by atoms with Crippen molar-refractivity contribution in [1.29, 1.82) is 0 Å². The molecular weight excluding hydrogens is 408 g/mol. The van der Waals surface area contributed by atoms with Gasteiger partial charge in [0.05, 0.1) is 18.3 Å². The van der Waals surface area contributed by atoms with Crippen molar-refractivity contribution in [3.8, 4) is 0 Å². The highest BCUT2D eigenvalue weighted by atomic mass is 32.3. The number of fused-ring (bicyclic) bond motifs is 2. The number of amides is 3. The van der Waals surface area contributed by atoms with Crippen LogP contribution in [0.25, 0.3) is 0 Å². The Morgan fingerprint density at radius 3 is 2.97 bits per heavy atom. The van der Waals surface area contributed by atoms with E-state index in [9.17, 15) is 18.0 Å². The Labute approximate surface area is 166 Å². The molecule has 0 aliphatic carbocycles. The van der Waals surface area contributed by atoms with Crippen molar-refractivity contribution in [3.63, 3.8) is 0 Å². The number of nitrogens with one attached hydrogen (secondary N) is 3. The molecule has 3 aliphatic rings. The SMILES string of the molecule is O=C(NOC[C@H]1C[C@H](c2cc[nH]n2)CN1)[C@@H]1CC[C@@H]2CN1C(=O)N2OS(=O)(=O)O. The molecule has 3 aliphatic heterocycles. The molecule has 13 nitrogen and oxygen atoms in total. The second-order valence-electron chi connectivity index (χ2n) is 7.32. The fourth-order valence-electron chi connectivity index (χ4n) is 4.06. The van der Waals surface area contributed by atoms with Crippen LogP contribution in [0.3, 0.4) is 0 Å². The van der Waals surface area contributed by atoms with E-state index in [1.165, 1.54) is 4.90 Å². The normalized spacial score (nSPS) is 29.5. The van der Waals surface area contributed by atoms with Gasteiger partial charge in [-0.1, -0.05) is 0 Å². The van der Waals surface area contributed by atoms with Crippen molar-refractivity contribution in [1.82, 2.24) is 31.0 Å². The fraction of sp³-hybridized carbons (Fsp3) is 0.667. The maximum Gasteiger partial charge on any atom is 0.418 e. The van der Waals surface area contributed by atoms with Crippen LogP contribution >= 0.6 is 0 Å². The molecule has 0 radical (unpaired) electrons. The standard InChI is InChI=1S/C15H22N6O7S/c22-14(19-27-8-10-5-9(6-16-10)12-3-4-17-18-12)13-2-1-11-7-20(13)15(23)21(11)28-29(24,25)26/h3-4,9-11,13,16H,1-2,5-8H2,(H,17,18)(H,19,22)(H,24,25,26)/t9-,10+,11+,13-/m0/s1. The Morgan fingerprint density at radius 2 is 2.24 bits per heavy atom. The summed E-state index contributed by atoms with van der Waals surface area (Å²) in [6.45, 7) is 1.15. The molecule has 0 aromatic carbocycles. The van der Waals surface area contributed by atoms with Gasteiger partial charge in [0.25, 0.3) is 5.91 Å². The lowest BCUT2D eigenvalue weighted by molar-refractivity contribution is -0.139. The first-order chi connectivity index (χ1) is 13.8. The molecule has 3 fully saturated rings. The van der Waals surface area contributed by atoms with Crippen LogP contribution in [0.5, 0.6) is 0 Å². The third-order valence-electron chi connectivity index (χ3n) is 5.42. The minimum absolute atomic E-state index is 0.0554.